The van der Waals surface area contributed by atoms with Gasteiger partial charge in [-0.2, -0.15) is 0 Å². The van der Waals surface area contributed by atoms with E-state index in [1.807, 2.05) is 12.2 Å². The zero-order valence-electron chi connectivity index (χ0n) is 17.0. The number of nitrogens with one attached hydrogen (secondary N) is 3. The summed E-state index contributed by atoms with van der Waals surface area (Å²) in [5, 5.41) is 25.5. The second-order valence-corrected chi connectivity index (χ2v) is 6.94. The summed E-state index contributed by atoms with van der Waals surface area (Å²) in [6.07, 6.45) is -1.40. The highest BCUT2D eigenvalue weighted by Gasteiger charge is 2.32. The van der Waals surface area contributed by atoms with E-state index in [0.717, 1.165) is 0 Å². The maximum Gasteiger partial charge on any atom is 0.326 e. The Hall–Kier alpha value is -2.73. The van der Waals surface area contributed by atoms with E-state index in [0.29, 0.717) is 6.42 Å². The molecule has 0 spiro atoms. The van der Waals surface area contributed by atoms with Gasteiger partial charge in [0.15, 0.2) is 0 Å². The van der Waals surface area contributed by atoms with E-state index < -0.39 is 66.3 Å². The third-order valence-corrected chi connectivity index (χ3v) is 4.39. The third-order valence-electron chi connectivity index (χ3n) is 4.39. The van der Waals surface area contributed by atoms with Gasteiger partial charge in [0.05, 0.1) is 18.6 Å². The molecule has 0 saturated heterocycles. The second kappa shape index (κ2) is 12.0. The van der Waals surface area contributed by atoms with Crippen molar-refractivity contribution in [3.8, 4) is 0 Å². The fraction of sp³-hybridized carbons (Fsp3) is 0.706. The van der Waals surface area contributed by atoms with Crippen LogP contribution in [-0.4, -0.2) is 70.1 Å². The molecule has 12 nitrogen and oxygen atoms in total. The predicted molar refractivity (Wildman–Crippen MR) is 102 cm³/mol. The van der Waals surface area contributed by atoms with Gasteiger partial charge >= 0.3 is 5.97 Å². The fourth-order valence-electron chi connectivity index (χ4n) is 2.23. The Morgan fingerprint density at radius 2 is 1.48 bits per heavy atom. The number of carboxylic acids is 1. The van der Waals surface area contributed by atoms with Crippen LogP contribution in [-0.2, 0) is 24.0 Å². The van der Waals surface area contributed by atoms with Crippen LogP contribution in [0, 0.1) is 5.92 Å². The number of carbonyl (C=O) groups is 5. The first-order valence-corrected chi connectivity index (χ1v) is 9.17. The molecule has 0 heterocycles. The molecule has 0 fully saturated rings. The van der Waals surface area contributed by atoms with Crippen LogP contribution in [0.5, 0.6) is 0 Å². The van der Waals surface area contributed by atoms with Crippen LogP contribution in [0.4, 0.5) is 0 Å². The van der Waals surface area contributed by atoms with E-state index in [2.05, 4.69) is 10.6 Å². The molecular weight excluding hydrogens is 386 g/mol. The molecule has 12 heteroatoms. The lowest BCUT2D eigenvalue weighted by Gasteiger charge is -2.25. The van der Waals surface area contributed by atoms with Crippen molar-refractivity contribution in [2.24, 2.45) is 17.4 Å². The number of hydrogen-bond acceptors (Lipinski definition) is 7. The van der Waals surface area contributed by atoms with Crippen LogP contribution in [0.15, 0.2) is 0 Å². The first-order chi connectivity index (χ1) is 13.3. The Balaban J connectivity index is 5.07. The average molecular weight is 417 g/mol. The molecule has 0 rings (SSSR count). The quantitative estimate of drug-likeness (QED) is 0.175. The number of amides is 4. The van der Waals surface area contributed by atoms with Crippen LogP contribution in [0.25, 0.3) is 0 Å². The zero-order valence-corrected chi connectivity index (χ0v) is 17.0. The summed E-state index contributed by atoms with van der Waals surface area (Å²) < 4.78 is 0. The Bertz CT molecular complexity index is 625. The summed E-state index contributed by atoms with van der Waals surface area (Å²) in [4.78, 5) is 58.7. The standard InChI is InChI=1S/C17H31N5O7/c1-5-7(2)12(19)15(26)20-8(3)14(25)22-13(9(4)23)16(27)21-10(17(28)29)6-11(18)24/h7-10,12-13,23H,5-6,19H2,1-4H3,(H2,18,24)(H,20,26)(H,21,27)(H,22,25)(H,28,29). The van der Waals surface area contributed by atoms with E-state index in [4.69, 9.17) is 16.6 Å². The van der Waals surface area contributed by atoms with Crippen molar-refractivity contribution in [2.45, 2.75) is 70.8 Å². The number of nitrogens with two attached hydrogens (primary N) is 2. The Morgan fingerprint density at radius 3 is 1.90 bits per heavy atom. The van der Waals surface area contributed by atoms with E-state index in [1.165, 1.54) is 13.8 Å². The Kier molecular flexibility index (Phi) is 10.8. The minimum absolute atomic E-state index is 0.112. The molecule has 0 saturated carbocycles. The fourth-order valence-corrected chi connectivity index (χ4v) is 2.23. The molecule has 6 atom stereocenters. The highest BCUT2D eigenvalue weighted by molar-refractivity contribution is 5.95. The largest absolute Gasteiger partial charge is 0.480 e. The van der Waals surface area contributed by atoms with Gasteiger partial charge in [0, 0.05) is 0 Å². The first-order valence-electron chi connectivity index (χ1n) is 9.17. The van der Waals surface area contributed by atoms with Gasteiger partial charge < -0.3 is 37.6 Å². The van der Waals surface area contributed by atoms with Crippen molar-refractivity contribution in [1.29, 1.82) is 0 Å². The first kappa shape index (κ1) is 26.3. The number of carbonyl (C=O) groups excluding carboxylic acids is 4. The van der Waals surface area contributed by atoms with Crippen LogP contribution < -0.4 is 27.4 Å². The maximum absolute atomic E-state index is 12.3. The summed E-state index contributed by atoms with van der Waals surface area (Å²) >= 11 is 0. The molecule has 0 aliphatic carbocycles. The molecule has 166 valence electrons. The SMILES string of the molecule is CCC(C)C(N)C(=O)NC(C)C(=O)NC(C(=O)NC(CC(N)=O)C(=O)O)C(C)O. The number of rotatable bonds is 12. The summed E-state index contributed by atoms with van der Waals surface area (Å²) in [7, 11) is 0. The van der Waals surface area contributed by atoms with Crippen molar-refractivity contribution in [3.05, 3.63) is 0 Å². The number of hydrogen-bond donors (Lipinski definition) is 7. The summed E-state index contributed by atoms with van der Waals surface area (Å²) in [6.45, 7) is 6.22. The lowest BCUT2D eigenvalue weighted by atomic mass is 9.99. The van der Waals surface area contributed by atoms with Crippen molar-refractivity contribution < 1.29 is 34.2 Å². The number of aliphatic hydroxyl groups is 1. The molecule has 9 N–H and O–H groups in total. The summed E-state index contributed by atoms with van der Waals surface area (Å²) in [5.41, 5.74) is 10.7. The highest BCUT2D eigenvalue weighted by atomic mass is 16.4. The molecule has 0 aromatic heterocycles. The average Bonchev–Trinajstić information content (AvgIpc) is 2.62. The monoisotopic (exact) mass is 417 g/mol. The van der Waals surface area contributed by atoms with E-state index >= 15 is 0 Å². The predicted octanol–water partition coefficient (Wildman–Crippen LogP) is -2.83. The summed E-state index contributed by atoms with van der Waals surface area (Å²) in [5.74, 6) is -4.95. The van der Waals surface area contributed by atoms with Gasteiger partial charge in [-0.1, -0.05) is 20.3 Å². The Morgan fingerprint density at radius 1 is 0.931 bits per heavy atom. The molecule has 0 aliphatic heterocycles. The summed E-state index contributed by atoms with van der Waals surface area (Å²) in [6, 6.07) is -5.05. The minimum atomic E-state index is -1.62. The van der Waals surface area contributed by atoms with Crippen molar-refractivity contribution in [1.82, 2.24) is 16.0 Å². The third kappa shape index (κ3) is 8.87. The number of carboxylic acid groups (broad SMARTS) is 1. The normalized spacial score (nSPS) is 17.0. The lowest BCUT2D eigenvalue weighted by molar-refractivity contribution is -0.144. The van der Waals surface area contributed by atoms with E-state index in [1.54, 1.807) is 6.92 Å². The van der Waals surface area contributed by atoms with Crippen LogP contribution in [0.1, 0.15) is 40.5 Å². The van der Waals surface area contributed by atoms with E-state index in [-0.39, 0.29) is 5.92 Å². The van der Waals surface area contributed by atoms with Gasteiger partial charge in [-0.25, -0.2) is 4.79 Å². The molecular formula is C17H31N5O7. The van der Waals surface area contributed by atoms with Gasteiger partial charge in [-0.05, 0) is 19.8 Å². The molecule has 6 unspecified atom stereocenters. The van der Waals surface area contributed by atoms with Gasteiger partial charge in [-0.15, -0.1) is 0 Å². The van der Waals surface area contributed by atoms with Gasteiger partial charge in [0.25, 0.3) is 0 Å². The van der Waals surface area contributed by atoms with E-state index in [9.17, 15) is 29.1 Å². The molecule has 4 amide bonds. The highest BCUT2D eigenvalue weighted by Crippen LogP contribution is 2.05. The van der Waals surface area contributed by atoms with Gasteiger partial charge in [0.2, 0.25) is 23.6 Å². The second-order valence-electron chi connectivity index (χ2n) is 6.94. The van der Waals surface area contributed by atoms with Crippen LogP contribution >= 0.6 is 0 Å². The molecule has 0 bridgehead atoms. The van der Waals surface area contributed by atoms with Gasteiger partial charge in [-0.3, -0.25) is 19.2 Å². The molecule has 0 radical (unpaired) electrons. The maximum atomic E-state index is 12.3. The minimum Gasteiger partial charge on any atom is -0.480 e. The lowest BCUT2D eigenvalue weighted by Crippen LogP contribution is -2.59. The van der Waals surface area contributed by atoms with Crippen molar-refractivity contribution in [3.63, 3.8) is 0 Å². The zero-order chi connectivity index (χ0) is 22.9. The van der Waals surface area contributed by atoms with Crippen LogP contribution in [0.2, 0.25) is 0 Å². The molecule has 29 heavy (non-hydrogen) atoms. The van der Waals surface area contributed by atoms with Crippen molar-refractivity contribution in [2.75, 3.05) is 0 Å². The molecule has 0 aromatic rings. The smallest absolute Gasteiger partial charge is 0.326 e. The topological polar surface area (TPSA) is 214 Å². The molecule has 0 aliphatic rings. The van der Waals surface area contributed by atoms with Crippen molar-refractivity contribution >= 4 is 29.6 Å². The van der Waals surface area contributed by atoms with Gasteiger partial charge in [0.1, 0.15) is 18.1 Å². The Labute approximate surface area is 168 Å². The number of primary amides is 1. The number of aliphatic hydroxyl groups excluding tert-OH is 1. The van der Waals surface area contributed by atoms with Crippen LogP contribution in [0.3, 0.4) is 0 Å². The number of aliphatic carboxylic acids is 1. The molecule has 0 aromatic carbocycles.